The number of hydrogen-bond donors (Lipinski definition) is 1. The maximum Gasteiger partial charge on any atom is 0.0398 e. The molecule has 1 aromatic carbocycles. The van der Waals surface area contributed by atoms with E-state index in [4.69, 9.17) is 0 Å². The van der Waals surface area contributed by atoms with Gasteiger partial charge in [0.15, 0.2) is 0 Å². The predicted octanol–water partition coefficient (Wildman–Crippen LogP) is 2.97. The van der Waals surface area contributed by atoms with E-state index in [9.17, 15) is 0 Å². The van der Waals surface area contributed by atoms with Crippen molar-refractivity contribution in [1.29, 1.82) is 0 Å². The number of benzene rings is 1. The summed E-state index contributed by atoms with van der Waals surface area (Å²) in [5.41, 5.74) is 3.04. The zero-order chi connectivity index (χ0) is 12.2. The summed E-state index contributed by atoms with van der Waals surface area (Å²) in [5, 5.41) is 3.61. The SMILES string of the molecule is c1ccc2c(c1)CCCCN2CCC1CCCN1. The standard InChI is InChI=1S/C16H24N2/c1-2-9-16-14(6-1)7-3-4-12-18(16)13-10-15-8-5-11-17-15/h1-2,6,9,15,17H,3-5,7-8,10-13H2. The van der Waals surface area contributed by atoms with Gasteiger partial charge in [-0.15, -0.1) is 0 Å². The van der Waals surface area contributed by atoms with E-state index in [1.54, 1.807) is 5.56 Å². The highest BCUT2D eigenvalue weighted by Gasteiger charge is 2.18. The first-order valence-corrected chi connectivity index (χ1v) is 7.50. The summed E-state index contributed by atoms with van der Waals surface area (Å²) in [4.78, 5) is 2.61. The molecule has 1 saturated heterocycles. The van der Waals surface area contributed by atoms with Crippen molar-refractivity contribution in [2.24, 2.45) is 0 Å². The smallest absolute Gasteiger partial charge is 0.0398 e. The van der Waals surface area contributed by atoms with Crippen LogP contribution < -0.4 is 10.2 Å². The fourth-order valence-corrected chi connectivity index (χ4v) is 3.32. The zero-order valence-corrected chi connectivity index (χ0v) is 11.2. The number of hydrogen-bond acceptors (Lipinski definition) is 2. The molecule has 2 aliphatic heterocycles. The van der Waals surface area contributed by atoms with E-state index < -0.39 is 0 Å². The van der Waals surface area contributed by atoms with Gasteiger partial charge in [0.25, 0.3) is 0 Å². The number of para-hydroxylation sites is 1. The fourth-order valence-electron chi connectivity index (χ4n) is 3.32. The quantitative estimate of drug-likeness (QED) is 0.879. The molecule has 1 fully saturated rings. The van der Waals surface area contributed by atoms with Gasteiger partial charge in [0.05, 0.1) is 0 Å². The summed E-state index contributed by atoms with van der Waals surface area (Å²) in [5.74, 6) is 0. The monoisotopic (exact) mass is 244 g/mol. The molecular weight excluding hydrogens is 220 g/mol. The largest absolute Gasteiger partial charge is 0.371 e. The average molecular weight is 244 g/mol. The first-order valence-electron chi connectivity index (χ1n) is 7.50. The Morgan fingerprint density at radius 3 is 3.00 bits per heavy atom. The Balaban J connectivity index is 1.67. The molecule has 2 aliphatic rings. The van der Waals surface area contributed by atoms with Gasteiger partial charge in [0.2, 0.25) is 0 Å². The van der Waals surface area contributed by atoms with Crippen LogP contribution in [0.15, 0.2) is 24.3 Å². The summed E-state index contributed by atoms with van der Waals surface area (Å²) in [6, 6.07) is 9.75. The number of rotatable bonds is 3. The predicted molar refractivity (Wildman–Crippen MR) is 77.2 cm³/mol. The number of nitrogens with one attached hydrogen (secondary N) is 1. The van der Waals surface area contributed by atoms with Crippen molar-refractivity contribution in [1.82, 2.24) is 5.32 Å². The van der Waals surface area contributed by atoms with Crippen LogP contribution in [0.1, 0.15) is 37.7 Å². The number of aryl methyl sites for hydroxylation is 1. The number of nitrogens with zero attached hydrogens (tertiary/aromatic N) is 1. The van der Waals surface area contributed by atoms with Crippen LogP contribution in [0.25, 0.3) is 0 Å². The molecule has 1 unspecified atom stereocenters. The van der Waals surface area contributed by atoms with Gasteiger partial charge in [0.1, 0.15) is 0 Å². The zero-order valence-electron chi connectivity index (χ0n) is 11.2. The van der Waals surface area contributed by atoms with Crippen LogP contribution in [0.5, 0.6) is 0 Å². The van der Waals surface area contributed by atoms with Crippen LogP contribution in [0, 0.1) is 0 Å². The van der Waals surface area contributed by atoms with E-state index in [2.05, 4.69) is 34.5 Å². The minimum absolute atomic E-state index is 0.764. The Morgan fingerprint density at radius 1 is 1.17 bits per heavy atom. The van der Waals surface area contributed by atoms with Crippen LogP contribution in [-0.2, 0) is 6.42 Å². The molecule has 0 radical (unpaired) electrons. The lowest BCUT2D eigenvalue weighted by Gasteiger charge is -2.26. The molecule has 0 aliphatic carbocycles. The second-order valence-electron chi connectivity index (χ2n) is 5.65. The van der Waals surface area contributed by atoms with E-state index in [1.165, 1.54) is 63.8 Å². The lowest BCUT2D eigenvalue weighted by Crippen LogP contribution is -2.31. The van der Waals surface area contributed by atoms with E-state index >= 15 is 0 Å². The molecule has 1 aromatic rings. The van der Waals surface area contributed by atoms with Gasteiger partial charge in [-0.05, 0) is 56.7 Å². The summed E-state index contributed by atoms with van der Waals surface area (Å²) in [6.07, 6.45) is 7.97. The van der Waals surface area contributed by atoms with Crippen molar-refractivity contribution >= 4 is 5.69 Å². The minimum Gasteiger partial charge on any atom is -0.371 e. The molecule has 0 bridgehead atoms. The van der Waals surface area contributed by atoms with Crippen LogP contribution in [-0.4, -0.2) is 25.7 Å². The van der Waals surface area contributed by atoms with Crippen molar-refractivity contribution in [3.05, 3.63) is 29.8 Å². The first-order chi connectivity index (χ1) is 8.93. The molecular formula is C16H24N2. The molecule has 18 heavy (non-hydrogen) atoms. The highest BCUT2D eigenvalue weighted by atomic mass is 15.1. The third-order valence-electron chi connectivity index (χ3n) is 4.37. The van der Waals surface area contributed by atoms with Crippen LogP contribution in [0.4, 0.5) is 5.69 Å². The normalized spacial score (nSPS) is 23.8. The average Bonchev–Trinajstić information content (AvgIpc) is 2.84. The van der Waals surface area contributed by atoms with Gasteiger partial charge in [-0.2, -0.15) is 0 Å². The van der Waals surface area contributed by atoms with Crippen molar-refractivity contribution in [3.63, 3.8) is 0 Å². The van der Waals surface area contributed by atoms with Gasteiger partial charge < -0.3 is 10.2 Å². The second kappa shape index (κ2) is 5.75. The molecule has 0 amide bonds. The number of anilines is 1. The van der Waals surface area contributed by atoms with Crippen molar-refractivity contribution < 1.29 is 0 Å². The third-order valence-corrected chi connectivity index (χ3v) is 4.37. The fraction of sp³-hybridized carbons (Fsp3) is 0.625. The molecule has 1 atom stereocenters. The van der Waals surface area contributed by atoms with Gasteiger partial charge >= 0.3 is 0 Å². The van der Waals surface area contributed by atoms with Gasteiger partial charge in [-0.25, -0.2) is 0 Å². The van der Waals surface area contributed by atoms with E-state index in [-0.39, 0.29) is 0 Å². The Labute approximate surface area is 110 Å². The summed E-state index contributed by atoms with van der Waals surface area (Å²) >= 11 is 0. The van der Waals surface area contributed by atoms with Gasteiger partial charge in [-0.1, -0.05) is 18.2 Å². The maximum atomic E-state index is 3.61. The molecule has 3 rings (SSSR count). The topological polar surface area (TPSA) is 15.3 Å². The molecule has 2 heteroatoms. The number of fused-ring (bicyclic) bond motifs is 1. The third kappa shape index (κ3) is 2.69. The van der Waals surface area contributed by atoms with Crippen molar-refractivity contribution in [2.75, 3.05) is 24.5 Å². The summed E-state index contributed by atoms with van der Waals surface area (Å²) in [6.45, 7) is 3.68. The Kier molecular flexibility index (Phi) is 3.84. The van der Waals surface area contributed by atoms with Gasteiger partial charge in [0, 0.05) is 24.8 Å². The molecule has 2 nitrogen and oxygen atoms in total. The van der Waals surface area contributed by atoms with E-state index in [0.717, 1.165) is 6.04 Å². The van der Waals surface area contributed by atoms with Crippen molar-refractivity contribution in [2.45, 2.75) is 44.6 Å². The lowest BCUT2D eigenvalue weighted by atomic mass is 10.1. The molecule has 1 N–H and O–H groups in total. The van der Waals surface area contributed by atoms with Crippen LogP contribution >= 0.6 is 0 Å². The van der Waals surface area contributed by atoms with Crippen molar-refractivity contribution in [3.8, 4) is 0 Å². The Morgan fingerprint density at radius 2 is 2.11 bits per heavy atom. The van der Waals surface area contributed by atoms with E-state index in [0.29, 0.717) is 0 Å². The molecule has 98 valence electrons. The highest BCUT2D eigenvalue weighted by molar-refractivity contribution is 5.54. The minimum atomic E-state index is 0.764. The van der Waals surface area contributed by atoms with Gasteiger partial charge in [-0.3, -0.25) is 0 Å². The van der Waals surface area contributed by atoms with Crippen LogP contribution in [0.3, 0.4) is 0 Å². The maximum absolute atomic E-state index is 3.61. The summed E-state index contributed by atoms with van der Waals surface area (Å²) in [7, 11) is 0. The molecule has 0 aromatic heterocycles. The Bertz CT molecular complexity index is 382. The van der Waals surface area contributed by atoms with Crippen LogP contribution in [0.2, 0.25) is 0 Å². The molecule has 0 saturated carbocycles. The van der Waals surface area contributed by atoms with E-state index in [1.807, 2.05) is 0 Å². The lowest BCUT2D eigenvalue weighted by molar-refractivity contribution is 0.548. The summed E-state index contributed by atoms with van der Waals surface area (Å²) < 4.78 is 0. The highest BCUT2D eigenvalue weighted by Crippen LogP contribution is 2.26. The Hall–Kier alpha value is -1.02. The first kappa shape index (κ1) is 12.0. The molecule has 2 heterocycles. The second-order valence-corrected chi connectivity index (χ2v) is 5.65. The molecule has 0 spiro atoms.